The van der Waals surface area contributed by atoms with Gasteiger partial charge >= 0.3 is 0 Å². The Morgan fingerprint density at radius 3 is 2.84 bits per heavy atom. The first-order valence-electron chi connectivity index (χ1n) is 6.46. The molecule has 19 heavy (non-hydrogen) atoms. The Morgan fingerprint density at radius 2 is 2.21 bits per heavy atom. The number of nitrogens with zero attached hydrogens (tertiary/aromatic N) is 3. The Balaban J connectivity index is 2.01. The number of rotatable bonds is 6. The fourth-order valence-electron chi connectivity index (χ4n) is 1.88. The Bertz CT molecular complexity index is 547. The van der Waals surface area contributed by atoms with Crippen molar-refractivity contribution in [3.8, 4) is 0 Å². The number of aryl methyl sites for hydroxylation is 1. The summed E-state index contributed by atoms with van der Waals surface area (Å²) in [5.74, 6) is 0.825. The molecule has 2 rings (SSSR count). The van der Waals surface area contributed by atoms with E-state index in [0.29, 0.717) is 6.54 Å². The molecule has 0 amide bonds. The molecule has 104 valence electrons. The van der Waals surface area contributed by atoms with Crippen molar-refractivity contribution in [2.45, 2.75) is 40.3 Å². The summed E-state index contributed by atoms with van der Waals surface area (Å²) in [6, 6.07) is 1.98. The van der Waals surface area contributed by atoms with E-state index >= 15 is 0 Å². The van der Waals surface area contributed by atoms with Crippen molar-refractivity contribution in [2.24, 2.45) is 0 Å². The Morgan fingerprint density at radius 1 is 1.42 bits per heavy atom. The molecule has 6 heteroatoms. The molecule has 0 unspecified atom stereocenters. The summed E-state index contributed by atoms with van der Waals surface area (Å²) in [5.41, 5.74) is 3.02. The number of hydrogen-bond acceptors (Lipinski definition) is 4. The molecule has 0 radical (unpaired) electrons. The maximum absolute atomic E-state index is 5.34. The average molecular weight is 327 g/mol. The van der Waals surface area contributed by atoms with Crippen LogP contribution in [0.25, 0.3) is 0 Å². The summed E-state index contributed by atoms with van der Waals surface area (Å²) in [6.45, 7) is 8.50. The van der Waals surface area contributed by atoms with Crippen LogP contribution in [0.5, 0.6) is 0 Å². The zero-order valence-electron chi connectivity index (χ0n) is 11.5. The molecule has 2 aromatic heterocycles. The predicted octanol–water partition coefficient (Wildman–Crippen LogP) is 2.80. The van der Waals surface area contributed by atoms with Crippen LogP contribution in [0.15, 0.2) is 15.1 Å². The minimum atomic E-state index is 0.610. The average Bonchev–Trinajstić information content (AvgIpc) is 2.92. The minimum Gasteiger partial charge on any atom is -0.359 e. The van der Waals surface area contributed by atoms with E-state index in [0.717, 1.165) is 46.8 Å². The third-order valence-electron chi connectivity index (χ3n) is 2.94. The van der Waals surface area contributed by atoms with Gasteiger partial charge in [0.15, 0.2) is 5.76 Å². The van der Waals surface area contributed by atoms with Crippen molar-refractivity contribution in [3.63, 3.8) is 0 Å². The second kappa shape index (κ2) is 6.34. The molecule has 0 aliphatic heterocycles. The van der Waals surface area contributed by atoms with E-state index < -0.39 is 0 Å². The van der Waals surface area contributed by atoms with Gasteiger partial charge in [0.25, 0.3) is 0 Å². The molecule has 0 saturated heterocycles. The number of hydrogen-bond donors (Lipinski definition) is 1. The largest absolute Gasteiger partial charge is 0.359 e. The van der Waals surface area contributed by atoms with Gasteiger partial charge in [-0.1, -0.05) is 12.1 Å². The van der Waals surface area contributed by atoms with Crippen LogP contribution in [0.1, 0.15) is 36.2 Å². The summed E-state index contributed by atoms with van der Waals surface area (Å²) in [4.78, 5) is 0. The van der Waals surface area contributed by atoms with E-state index in [4.69, 9.17) is 4.52 Å². The standard InChI is InChI=1S/C13H19BrN4O/c1-4-5-15-7-11-6-12(19-17-11)8-18-10(3)13(14)9(2)16-18/h6,15H,4-5,7-8H2,1-3H3. The van der Waals surface area contributed by atoms with Crippen LogP contribution < -0.4 is 5.32 Å². The summed E-state index contributed by atoms with van der Waals surface area (Å²) in [7, 11) is 0. The number of nitrogens with one attached hydrogen (secondary N) is 1. The summed E-state index contributed by atoms with van der Waals surface area (Å²) in [6.07, 6.45) is 1.12. The molecule has 0 spiro atoms. The molecule has 0 bridgehead atoms. The summed E-state index contributed by atoms with van der Waals surface area (Å²) in [5, 5.41) is 11.8. The third kappa shape index (κ3) is 3.45. The molecule has 0 saturated carbocycles. The van der Waals surface area contributed by atoms with E-state index in [1.165, 1.54) is 0 Å². The lowest BCUT2D eigenvalue weighted by Crippen LogP contribution is -2.13. The molecule has 0 aromatic carbocycles. The smallest absolute Gasteiger partial charge is 0.158 e. The first-order chi connectivity index (χ1) is 9.11. The highest BCUT2D eigenvalue weighted by Crippen LogP contribution is 2.20. The van der Waals surface area contributed by atoms with Crippen molar-refractivity contribution in [3.05, 3.63) is 33.4 Å². The van der Waals surface area contributed by atoms with Gasteiger partial charge in [-0.25, -0.2) is 0 Å². The van der Waals surface area contributed by atoms with E-state index in [2.05, 4.69) is 38.4 Å². The fraction of sp³-hybridized carbons (Fsp3) is 0.538. The lowest BCUT2D eigenvalue weighted by molar-refractivity contribution is 0.363. The van der Waals surface area contributed by atoms with Crippen LogP contribution in [0.2, 0.25) is 0 Å². The van der Waals surface area contributed by atoms with Gasteiger partial charge < -0.3 is 9.84 Å². The Labute approximate surface area is 121 Å². The maximum Gasteiger partial charge on any atom is 0.158 e. The van der Waals surface area contributed by atoms with E-state index in [1.807, 2.05) is 24.6 Å². The topological polar surface area (TPSA) is 55.9 Å². The summed E-state index contributed by atoms with van der Waals surface area (Å²) >= 11 is 3.52. The normalized spacial score (nSPS) is 11.2. The molecule has 0 fully saturated rings. The van der Waals surface area contributed by atoms with Crippen LogP contribution in [-0.2, 0) is 13.1 Å². The first kappa shape index (κ1) is 14.3. The summed E-state index contributed by atoms with van der Waals surface area (Å²) < 4.78 is 8.31. The van der Waals surface area contributed by atoms with Gasteiger partial charge in [-0.2, -0.15) is 5.10 Å². The highest BCUT2D eigenvalue weighted by atomic mass is 79.9. The van der Waals surface area contributed by atoms with Crippen LogP contribution in [0, 0.1) is 13.8 Å². The molecule has 2 aromatic rings. The zero-order chi connectivity index (χ0) is 13.8. The molecular formula is C13H19BrN4O. The quantitative estimate of drug-likeness (QED) is 0.829. The first-order valence-corrected chi connectivity index (χ1v) is 7.25. The highest BCUT2D eigenvalue weighted by Gasteiger charge is 2.11. The lowest BCUT2D eigenvalue weighted by atomic mass is 10.3. The van der Waals surface area contributed by atoms with Gasteiger partial charge in [0, 0.05) is 12.6 Å². The van der Waals surface area contributed by atoms with Crippen molar-refractivity contribution in [2.75, 3.05) is 6.54 Å². The van der Waals surface area contributed by atoms with Crippen LogP contribution >= 0.6 is 15.9 Å². The van der Waals surface area contributed by atoms with Crippen molar-refractivity contribution >= 4 is 15.9 Å². The lowest BCUT2D eigenvalue weighted by Gasteiger charge is -2.00. The third-order valence-corrected chi connectivity index (χ3v) is 4.09. The van der Waals surface area contributed by atoms with Gasteiger partial charge in [-0.05, 0) is 42.7 Å². The van der Waals surface area contributed by atoms with Gasteiger partial charge in [0.05, 0.1) is 21.6 Å². The maximum atomic E-state index is 5.34. The van der Waals surface area contributed by atoms with Crippen molar-refractivity contribution in [1.82, 2.24) is 20.3 Å². The van der Waals surface area contributed by atoms with Gasteiger partial charge in [0.2, 0.25) is 0 Å². The Kier molecular flexibility index (Phi) is 4.76. The number of halogens is 1. The monoisotopic (exact) mass is 326 g/mol. The molecule has 0 aliphatic rings. The predicted molar refractivity (Wildman–Crippen MR) is 77.0 cm³/mol. The fourth-order valence-corrected chi connectivity index (χ4v) is 2.17. The molecular weight excluding hydrogens is 308 g/mol. The van der Waals surface area contributed by atoms with Gasteiger partial charge in [-0.15, -0.1) is 0 Å². The molecule has 0 atom stereocenters. The van der Waals surface area contributed by atoms with Crippen LogP contribution in [-0.4, -0.2) is 21.5 Å². The number of aromatic nitrogens is 3. The van der Waals surface area contributed by atoms with Gasteiger partial charge in [-0.3, -0.25) is 4.68 Å². The zero-order valence-corrected chi connectivity index (χ0v) is 13.1. The second-order valence-corrected chi connectivity index (χ2v) is 5.40. The SMILES string of the molecule is CCCNCc1cc(Cn2nc(C)c(Br)c2C)on1. The molecule has 5 nitrogen and oxygen atoms in total. The molecule has 2 heterocycles. The minimum absolute atomic E-state index is 0.610. The van der Waals surface area contributed by atoms with Crippen LogP contribution in [0.3, 0.4) is 0 Å². The van der Waals surface area contributed by atoms with Crippen molar-refractivity contribution < 1.29 is 4.52 Å². The molecule has 1 N–H and O–H groups in total. The van der Waals surface area contributed by atoms with E-state index in [1.54, 1.807) is 0 Å². The van der Waals surface area contributed by atoms with Gasteiger partial charge in [0.1, 0.15) is 6.54 Å². The second-order valence-electron chi connectivity index (χ2n) is 4.60. The van der Waals surface area contributed by atoms with Crippen molar-refractivity contribution in [1.29, 1.82) is 0 Å². The van der Waals surface area contributed by atoms with E-state index in [-0.39, 0.29) is 0 Å². The Hall–Kier alpha value is -1.14. The highest BCUT2D eigenvalue weighted by molar-refractivity contribution is 9.10. The van der Waals surface area contributed by atoms with Crippen LogP contribution in [0.4, 0.5) is 0 Å². The van der Waals surface area contributed by atoms with E-state index in [9.17, 15) is 0 Å². The molecule has 0 aliphatic carbocycles.